The van der Waals surface area contributed by atoms with Gasteiger partial charge in [0.05, 0.1) is 5.56 Å². The van der Waals surface area contributed by atoms with Crippen molar-refractivity contribution in [3.05, 3.63) is 65.7 Å². The van der Waals surface area contributed by atoms with Crippen molar-refractivity contribution in [1.82, 2.24) is 0 Å². The lowest BCUT2D eigenvalue weighted by Crippen LogP contribution is -2.14. The van der Waals surface area contributed by atoms with Crippen molar-refractivity contribution < 1.29 is 71.9 Å². The monoisotopic (exact) mass is 667 g/mol. The first-order valence-electron chi connectivity index (χ1n) is 13.5. The molecule has 0 aliphatic rings. The number of rotatable bonds is 9. The van der Waals surface area contributed by atoms with Crippen molar-refractivity contribution in [2.45, 2.75) is 41.5 Å². The molecule has 3 aromatic carbocycles. The summed E-state index contributed by atoms with van der Waals surface area (Å²) in [5.74, 6) is -5.87. The molecule has 0 radical (unpaired) electrons. The topological polar surface area (TPSA) is 224 Å². The maximum Gasteiger partial charge on any atom is 0.335 e. The van der Waals surface area contributed by atoms with E-state index in [1.807, 2.05) is 0 Å². The first kappa shape index (κ1) is 37.6. The van der Waals surface area contributed by atoms with Crippen molar-refractivity contribution in [1.29, 1.82) is 0 Å². The number of anilines is 1. The second kappa shape index (κ2) is 17.2. The summed E-state index contributed by atoms with van der Waals surface area (Å²) in [5, 5.41) is 11.3. The van der Waals surface area contributed by atoms with Crippen molar-refractivity contribution in [3.63, 3.8) is 0 Å². The third-order valence-electron chi connectivity index (χ3n) is 5.12. The van der Waals surface area contributed by atoms with Gasteiger partial charge in [0.25, 0.3) is 5.91 Å². The van der Waals surface area contributed by atoms with E-state index in [9.17, 15) is 38.4 Å². The van der Waals surface area contributed by atoms with Crippen LogP contribution in [0.4, 0.5) is 5.69 Å². The molecule has 2 N–H and O–H groups in total. The van der Waals surface area contributed by atoms with Crippen molar-refractivity contribution >= 4 is 53.4 Å². The molecule has 252 valence electrons. The van der Waals surface area contributed by atoms with E-state index >= 15 is 0 Å². The summed E-state index contributed by atoms with van der Waals surface area (Å²) in [5.41, 5.74) is 0.248. The molecule has 16 nitrogen and oxygen atoms in total. The molecule has 16 heteroatoms. The molecule has 3 rings (SSSR count). The van der Waals surface area contributed by atoms with Gasteiger partial charge in [-0.1, -0.05) is 0 Å². The van der Waals surface area contributed by atoms with E-state index in [0.717, 1.165) is 19.9 Å². The zero-order valence-corrected chi connectivity index (χ0v) is 26.4. The van der Waals surface area contributed by atoms with Crippen LogP contribution in [0.2, 0.25) is 0 Å². The molecule has 0 aliphatic heterocycles. The van der Waals surface area contributed by atoms with E-state index in [2.05, 4.69) is 5.32 Å². The molecular formula is C32H29NO15. The Balaban J connectivity index is 0.000000397. The Labute approximate surface area is 272 Å². The Morgan fingerprint density at radius 1 is 0.438 bits per heavy atom. The molecule has 0 spiro atoms. The quantitative estimate of drug-likeness (QED) is 0.244. The minimum atomic E-state index is -1.17. The maximum absolute atomic E-state index is 12.6. The first-order valence-corrected chi connectivity index (χ1v) is 13.5. The summed E-state index contributed by atoms with van der Waals surface area (Å²) >= 11 is 0. The molecule has 0 unspecified atom stereocenters. The molecule has 0 bridgehead atoms. The van der Waals surface area contributed by atoms with Gasteiger partial charge in [-0.15, -0.1) is 0 Å². The summed E-state index contributed by atoms with van der Waals surface area (Å²) < 4.78 is 29.5. The fourth-order valence-corrected chi connectivity index (χ4v) is 3.50. The summed E-state index contributed by atoms with van der Waals surface area (Å²) in [6, 6.07) is 11.6. The number of ether oxygens (including phenoxy) is 6. The van der Waals surface area contributed by atoms with Crippen molar-refractivity contribution in [2.75, 3.05) is 5.32 Å². The fourth-order valence-electron chi connectivity index (χ4n) is 3.50. The van der Waals surface area contributed by atoms with Gasteiger partial charge in [0.15, 0.2) is 34.5 Å². The normalized spacial score (nSPS) is 9.79. The Bertz CT molecular complexity index is 1780. The van der Waals surface area contributed by atoms with Crippen LogP contribution in [0.1, 0.15) is 62.3 Å². The number of nitrogens with one attached hydrogen (secondary N) is 1. The Hall–Kier alpha value is -6.58. The van der Waals surface area contributed by atoms with Crippen LogP contribution in [0, 0.1) is 0 Å². The number of carbonyl (C=O) groups excluding carboxylic acids is 7. The Morgan fingerprint density at radius 2 is 0.750 bits per heavy atom. The average molecular weight is 668 g/mol. The summed E-state index contributed by atoms with van der Waals surface area (Å²) in [4.78, 5) is 90.0. The lowest BCUT2D eigenvalue weighted by atomic mass is 10.1. The second-order valence-corrected chi connectivity index (χ2v) is 9.31. The van der Waals surface area contributed by atoms with E-state index in [-0.39, 0.29) is 51.3 Å². The maximum atomic E-state index is 12.6. The number of carboxylic acid groups (broad SMARTS) is 1. The number of carbonyl (C=O) groups is 8. The number of benzene rings is 3. The SMILES string of the molecule is CC(=O)Oc1ccc(C(=O)O)cc1OC(C)=O.CC(=O)Oc1ccc(NC(=O)c2ccc(OC(C)=O)c(OC(C)=O)c2)cc1OC(C)=O. The second-order valence-electron chi connectivity index (χ2n) is 9.31. The highest BCUT2D eigenvalue weighted by Crippen LogP contribution is 2.33. The highest BCUT2D eigenvalue weighted by atomic mass is 16.6. The Morgan fingerprint density at radius 3 is 1.12 bits per heavy atom. The molecule has 0 fully saturated rings. The molecule has 0 atom stereocenters. The van der Waals surface area contributed by atoms with Crippen molar-refractivity contribution in [3.8, 4) is 34.5 Å². The van der Waals surface area contributed by atoms with Gasteiger partial charge in [0, 0.05) is 58.9 Å². The van der Waals surface area contributed by atoms with E-state index in [1.165, 1.54) is 76.2 Å². The van der Waals surface area contributed by atoms with Crippen LogP contribution in [0.15, 0.2) is 54.6 Å². The predicted molar refractivity (Wildman–Crippen MR) is 162 cm³/mol. The number of carboxylic acids is 1. The number of aromatic carboxylic acids is 1. The van der Waals surface area contributed by atoms with Gasteiger partial charge in [-0.25, -0.2) is 4.79 Å². The molecule has 48 heavy (non-hydrogen) atoms. The molecule has 1 amide bonds. The average Bonchev–Trinajstić information content (AvgIpc) is 2.95. The molecule has 0 saturated heterocycles. The van der Waals surface area contributed by atoms with Crippen LogP contribution in [-0.2, 0) is 28.8 Å². The lowest BCUT2D eigenvalue weighted by Gasteiger charge is -2.13. The van der Waals surface area contributed by atoms with Gasteiger partial charge in [-0.2, -0.15) is 0 Å². The van der Waals surface area contributed by atoms with Gasteiger partial charge in [-0.05, 0) is 48.5 Å². The van der Waals surface area contributed by atoms with E-state index in [0.29, 0.717) is 0 Å². The number of amides is 1. The number of hydrogen-bond acceptors (Lipinski definition) is 14. The molecule has 3 aromatic rings. The minimum absolute atomic E-state index is 0.00213. The molecule has 0 heterocycles. The van der Waals surface area contributed by atoms with Crippen LogP contribution in [0.5, 0.6) is 34.5 Å². The zero-order chi connectivity index (χ0) is 36.1. The van der Waals surface area contributed by atoms with E-state index < -0.39 is 47.7 Å². The first-order chi connectivity index (χ1) is 22.4. The van der Waals surface area contributed by atoms with E-state index in [4.69, 9.17) is 33.5 Å². The van der Waals surface area contributed by atoms with Gasteiger partial charge >= 0.3 is 41.8 Å². The van der Waals surface area contributed by atoms with Gasteiger partial charge < -0.3 is 38.8 Å². The lowest BCUT2D eigenvalue weighted by molar-refractivity contribution is -0.134. The van der Waals surface area contributed by atoms with Crippen LogP contribution >= 0.6 is 0 Å². The van der Waals surface area contributed by atoms with Crippen LogP contribution in [0.25, 0.3) is 0 Å². The summed E-state index contributed by atoms with van der Waals surface area (Å²) in [6.45, 7) is 7.04. The fraction of sp³-hybridized carbons (Fsp3) is 0.188. The summed E-state index contributed by atoms with van der Waals surface area (Å²) in [7, 11) is 0. The molecule has 0 aliphatic carbocycles. The zero-order valence-electron chi connectivity index (χ0n) is 26.4. The number of hydrogen-bond donors (Lipinski definition) is 2. The van der Waals surface area contributed by atoms with Crippen molar-refractivity contribution in [2.24, 2.45) is 0 Å². The highest BCUT2D eigenvalue weighted by Gasteiger charge is 2.17. The third kappa shape index (κ3) is 12.4. The molecular weight excluding hydrogens is 638 g/mol. The largest absolute Gasteiger partial charge is 0.478 e. The van der Waals surface area contributed by atoms with Crippen LogP contribution < -0.4 is 33.7 Å². The molecule has 0 saturated carbocycles. The highest BCUT2D eigenvalue weighted by molar-refractivity contribution is 6.05. The van der Waals surface area contributed by atoms with Crippen LogP contribution in [-0.4, -0.2) is 52.8 Å². The standard InChI is InChI=1S/C21H19NO9.C11H10O6/c1-11(23)28-17-7-5-15(9-19(17)30-13(3)25)21(27)22-16-6-8-18(29-12(2)24)20(10-16)31-14(4)26;1-6(12)16-9-4-3-8(11(14)15)5-10(9)17-7(2)13/h5-10H,1-4H3,(H,22,27);3-5H,1-2H3,(H,14,15). The number of esters is 6. The van der Waals surface area contributed by atoms with Gasteiger partial charge in [-0.3, -0.25) is 33.6 Å². The van der Waals surface area contributed by atoms with Gasteiger partial charge in [0.1, 0.15) is 0 Å². The third-order valence-corrected chi connectivity index (χ3v) is 5.12. The Kier molecular flexibility index (Phi) is 13.5. The van der Waals surface area contributed by atoms with Crippen LogP contribution in [0.3, 0.4) is 0 Å². The smallest absolute Gasteiger partial charge is 0.335 e. The van der Waals surface area contributed by atoms with E-state index in [1.54, 1.807) is 0 Å². The minimum Gasteiger partial charge on any atom is -0.478 e. The predicted octanol–water partition coefficient (Wildman–Crippen LogP) is 3.88. The van der Waals surface area contributed by atoms with Gasteiger partial charge in [0.2, 0.25) is 0 Å². The summed E-state index contributed by atoms with van der Waals surface area (Å²) in [6.07, 6.45) is 0. The molecule has 0 aromatic heterocycles.